The van der Waals surface area contributed by atoms with Crippen molar-refractivity contribution in [3.63, 3.8) is 0 Å². The number of benzene rings is 1. The molecule has 0 aliphatic heterocycles. The summed E-state index contributed by atoms with van der Waals surface area (Å²) >= 11 is 0. The number of nitrogens with one attached hydrogen (secondary N) is 2. The van der Waals surface area contributed by atoms with Crippen LogP contribution in [0.3, 0.4) is 0 Å². The lowest BCUT2D eigenvalue weighted by molar-refractivity contribution is -0.387. The quantitative estimate of drug-likeness (QED) is 0.591. The number of alkyl carbamates (subject to hydrolysis) is 1. The van der Waals surface area contributed by atoms with E-state index in [0.717, 1.165) is 6.07 Å². The minimum Gasteiger partial charge on any atom is -0.444 e. The molecule has 0 saturated heterocycles. The maximum atomic E-state index is 12.5. The summed E-state index contributed by atoms with van der Waals surface area (Å²) < 4.78 is 32.7. The molecule has 2 N–H and O–H groups in total. The first kappa shape index (κ1) is 20.1. The monoisotopic (exact) mass is 385 g/mol. The fourth-order valence-corrected chi connectivity index (χ4v) is 4.27. The summed E-state index contributed by atoms with van der Waals surface area (Å²) in [5.41, 5.74) is -1.09. The van der Waals surface area contributed by atoms with Crippen molar-refractivity contribution in [2.24, 2.45) is 0 Å². The van der Waals surface area contributed by atoms with Gasteiger partial charge in [0.1, 0.15) is 5.60 Å². The fraction of sp³-hybridized carbons (Fsp3) is 0.562. The molecule has 0 aromatic heterocycles. The maximum Gasteiger partial charge on any atom is 0.407 e. The Morgan fingerprint density at radius 3 is 2.46 bits per heavy atom. The Morgan fingerprint density at radius 2 is 1.85 bits per heavy atom. The number of nitrogens with zero attached hydrogens (tertiary/aromatic N) is 1. The molecule has 0 bridgehead atoms. The molecule has 2 rings (SSSR count). The Bertz CT molecular complexity index is 787. The second kappa shape index (κ2) is 7.58. The van der Waals surface area contributed by atoms with Crippen LogP contribution in [-0.2, 0) is 14.8 Å². The van der Waals surface area contributed by atoms with E-state index in [1.54, 1.807) is 20.8 Å². The number of carbonyl (C=O) groups is 1. The van der Waals surface area contributed by atoms with Gasteiger partial charge in [-0.25, -0.2) is 17.9 Å². The number of sulfonamides is 1. The molecule has 1 aliphatic carbocycles. The van der Waals surface area contributed by atoms with E-state index >= 15 is 0 Å². The summed E-state index contributed by atoms with van der Waals surface area (Å²) in [6.07, 6.45) is 0.938. The number of hydrogen-bond acceptors (Lipinski definition) is 6. The van der Waals surface area contributed by atoms with Crippen molar-refractivity contribution in [2.45, 2.75) is 62.6 Å². The van der Waals surface area contributed by atoms with Crippen LogP contribution in [0, 0.1) is 10.1 Å². The molecule has 1 amide bonds. The molecule has 1 aromatic rings. The van der Waals surface area contributed by atoms with E-state index in [0.29, 0.717) is 19.3 Å². The molecule has 0 unspecified atom stereocenters. The van der Waals surface area contributed by atoms with Crippen molar-refractivity contribution in [1.29, 1.82) is 0 Å². The smallest absolute Gasteiger partial charge is 0.407 e. The molecule has 2 atom stereocenters. The first-order chi connectivity index (χ1) is 12.0. The zero-order valence-corrected chi connectivity index (χ0v) is 15.7. The second-order valence-electron chi connectivity index (χ2n) is 7.20. The number of nitro groups is 1. The average Bonchev–Trinajstić information content (AvgIpc) is 2.91. The van der Waals surface area contributed by atoms with E-state index in [4.69, 9.17) is 4.74 Å². The number of rotatable bonds is 5. The van der Waals surface area contributed by atoms with Crippen LogP contribution in [0.25, 0.3) is 0 Å². The van der Waals surface area contributed by atoms with E-state index in [9.17, 15) is 23.3 Å². The molecule has 0 heterocycles. The normalized spacial score (nSPS) is 20.6. The standard InChI is InChI=1S/C16H23N3O6S/c1-16(2,3)25-15(20)17-11-8-9-12(10-11)18-26(23,24)14-7-5-4-6-13(14)19(21)22/h4-7,11-12,18H,8-10H2,1-3H3,(H,17,20)/t11-,12+/m0/s1. The lowest BCUT2D eigenvalue weighted by Gasteiger charge is -2.21. The highest BCUT2D eigenvalue weighted by molar-refractivity contribution is 7.89. The third kappa shape index (κ3) is 5.40. The lowest BCUT2D eigenvalue weighted by atomic mass is 10.2. The summed E-state index contributed by atoms with van der Waals surface area (Å²) in [6, 6.07) is 4.56. The van der Waals surface area contributed by atoms with Crippen molar-refractivity contribution in [3.8, 4) is 0 Å². The van der Waals surface area contributed by atoms with Crippen LogP contribution >= 0.6 is 0 Å². The molecule has 10 heteroatoms. The van der Waals surface area contributed by atoms with Gasteiger partial charge in [-0.2, -0.15) is 0 Å². The summed E-state index contributed by atoms with van der Waals surface area (Å²) in [7, 11) is -4.04. The van der Waals surface area contributed by atoms with Gasteiger partial charge < -0.3 is 10.1 Å². The van der Waals surface area contributed by atoms with Crippen LogP contribution in [0.4, 0.5) is 10.5 Å². The second-order valence-corrected chi connectivity index (χ2v) is 8.88. The Kier molecular flexibility index (Phi) is 5.87. The van der Waals surface area contributed by atoms with Gasteiger partial charge >= 0.3 is 6.09 Å². The third-order valence-electron chi connectivity index (χ3n) is 3.83. The minimum absolute atomic E-state index is 0.219. The number of hydrogen-bond donors (Lipinski definition) is 2. The van der Waals surface area contributed by atoms with E-state index in [2.05, 4.69) is 10.0 Å². The largest absolute Gasteiger partial charge is 0.444 e. The maximum absolute atomic E-state index is 12.5. The van der Waals surface area contributed by atoms with Gasteiger partial charge in [0.15, 0.2) is 4.90 Å². The predicted molar refractivity (Wildman–Crippen MR) is 94.2 cm³/mol. The van der Waals surface area contributed by atoms with Gasteiger partial charge in [-0.1, -0.05) is 12.1 Å². The zero-order valence-electron chi connectivity index (χ0n) is 14.9. The molecule has 0 radical (unpaired) electrons. The SMILES string of the molecule is CC(C)(C)OC(=O)N[C@H]1CC[C@@H](NS(=O)(=O)c2ccccc2[N+](=O)[O-])C1. The lowest BCUT2D eigenvalue weighted by Crippen LogP contribution is -2.39. The zero-order chi connectivity index (χ0) is 19.5. The van der Waals surface area contributed by atoms with E-state index < -0.39 is 38.4 Å². The van der Waals surface area contributed by atoms with Crippen LogP contribution in [0.1, 0.15) is 40.0 Å². The molecular weight excluding hydrogens is 362 g/mol. The summed E-state index contributed by atoms with van der Waals surface area (Å²) in [4.78, 5) is 21.8. The first-order valence-electron chi connectivity index (χ1n) is 8.23. The molecule has 9 nitrogen and oxygen atoms in total. The summed E-state index contributed by atoms with van der Waals surface area (Å²) in [6.45, 7) is 5.26. The molecule has 0 spiro atoms. The van der Waals surface area contributed by atoms with Crippen molar-refractivity contribution >= 4 is 21.8 Å². The summed E-state index contributed by atoms with van der Waals surface area (Å²) in [5.74, 6) is 0. The van der Waals surface area contributed by atoms with Gasteiger partial charge in [-0.3, -0.25) is 10.1 Å². The van der Waals surface area contributed by atoms with Crippen LogP contribution in [0.15, 0.2) is 29.2 Å². The topological polar surface area (TPSA) is 128 Å². The highest BCUT2D eigenvalue weighted by atomic mass is 32.2. The van der Waals surface area contributed by atoms with E-state index in [1.165, 1.54) is 18.2 Å². The Labute approximate surface area is 152 Å². The molecule has 1 saturated carbocycles. The van der Waals surface area contributed by atoms with Gasteiger partial charge in [0.05, 0.1) is 4.92 Å². The van der Waals surface area contributed by atoms with Crippen LogP contribution in [0.2, 0.25) is 0 Å². The number of ether oxygens (including phenoxy) is 1. The van der Waals surface area contributed by atoms with Gasteiger partial charge in [-0.05, 0) is 46.1 Å². The Hall–Kier alpha value is -2.20. The molecular formula is C16H23N3O6S. The average molecular weight is 385 g/mol. The number of nitro benzene ring substituents is 1. The summed E-state index contributed by atoms with van der Waals surface area (Å²) in [5, 5.41) is 13.8. The van der Waals surface area contributed by atoms with E-state index in [1.807, 2.05) is 0 Å². The van der Waals surface area contributed by atoms with Crippen molar-refractivity contribution < 1.29 is 22.9 Å². The Balaban J connectivity index is 2.00. The van der Waals surface area contributed by atoms with Crippen molar-refractivity contribution in [3.05, 3.63) is 34.4 Å². The van der Waals surface area contributed by atoms with Crippen LogP contribution in [-0.4, -0.2) is 37.1 Å². The number of para-hydroxylation sites is 1. The van der Waals surface area contributed by atoms with Crippen LogP contribution in [0.5, 0.6) is 0 Å². The molecule has 144 valence electrons. The number of carbonyl (C=O) groups excluding carboxylic acids is 1. The minimum atomic E-state index is -4.04. The Morgan fingerprint density at radius 1 is 1.23 bits per heavy atom. The van der Waals surface area contributed by atoms with E-state index in [-0.39, 0.29) is 10.9 Å². The third-order valence-corrected chi connectivity index (χ3v) is 5.39. The predicted octanol–water partition coefficient (Wildman–Crippen LogP) is 2.32. The molecule has 1 fully saturated rings. The molecule has 1 aliphatic rings. The van der Waals surface area contributed by atoms with Gasteiger partial charge in [0.2, 0.25) is 10.0 Å². The van der Waals surface area contributed by atoms with Gasteiger partial charge in [0, 0.05) is 18.2 Å². The van der Waals surface area contributed by atoms with Gasteiger partial charge in [0.25, 0.3) is 5.69 Å². The fourth-order valence-electron chi connectivity index (χ4n) is 2.81. The van der Waals surface area contributed by atoms with Crippen molar-refractivity contribution in [1.82, 2.24) is 10.0 Å². The first-order valence-corrected chi connectivity index (χ1v) is 9.71. The molecule has 26 heavy (non-hydrogen) atoms. The van der Waals surface area contributed by atoms with Gasteiger partial charge in [-0.15, -0.1) is 0 Å². The number of amides is 1. The van der Waals surface area contributed by atoms with Crippen molar-refractivity contribution in [2.75, 3.05) is 0 Å². The molecule has 1 aromatic carbocycles. The van der Waals surface area contributed by atoms with Crippen LogP contribution < -0.4 is 10.0 Å². The highest BCUT2D eigenvalue weighted by Crippen LogP contribution is 2.26. The highest BCUT2D eigenvalue weighted by Gasteiger charge is 2.33.